The Morgan fingerprint density at radius 1 is 1.35 bits per heavy atom. The van der Waals surface area contributed by atoms with Gasteiger partial charge in [0.15, 0.2) is 0 Å². The van der Waals surface area contributed by atoms with E-state index in [0.717, 1.165) is 25.9 Å². The van der Waals surface area contributed by atoms with Gasteiger partial charge in [0.1, 0.15) is 11.2 Å². The van der Waals surface area contributed by atoms with Crippen LogP contribution in [-0.2, 0) is 4.79 Å². The van der Waals surface area contributed by atoms with E-state index in [4.69, 9.17) is 23.2 Å². The highest BCUT2D eigenvalue weighted by Crippen LogP contribution is 2.28. The topological polar surface area (TPSA) is 20.3 Å². The van der Waals surface area contributed by atoms with E-state index in [1.54, 1.807) is 4.90 Å². The first-order chi connectivity index (χ1) is 8.09. The van der Waals surface area contributed by atoms with Crippen LogP contribution < -0.4 is 0 Å². The lowest BCUT2D eigenvalue weighted by Crippen LogP contribution is -2.30. The number of amides is 1. The molecule has 1 aromatic rings. The van der Waals surface area contributed by atoms with Gasteiger partial charge in [0.2, 0.25) is 5.91 Å². The summed E-state index contributed by atoms with van der Waals surface area (Å²) in [6.07, 6.45) is 2.03. The molecule has 1 aliphatic heterocycles. The highest BCUT2D eigenvalue weighted by molar-refractivity contribution is 6.32. The molecular formula is C12H12Cl2FNO. The maximum absolute atomic E-state index is 13.0. The van der Waals surface area contributed by atoms with Gasteiger partial charge in [0.05, 0.1) is 5.02 Å². The van der Waals surface area contributed by atoms with E-state index >= 15 is 0 Å². The quantitative estimate of drug-likeness (QED) is 0.758. The molecule has 1 unspecified atom stereocenters. The number of hydrogen-bond acceptors (Lipinski definition) is 1. The summed E-state index contributed by atoms with van der Waals surface area (Å²) in [5.41, 5.74) is 0.537. The Labute approximate surface area is 109 Å². The number of nitrogens with zero attached hydrogens (tertiary/aromatic N) is 1. The third-order valence-corrected chi connectivity index (χ3v) is 3.60. The van der Waals surface area contributed by atoms with E-state index in [1.807, 2.05) is 0 Å². The summed E-state index contributed by atoms with van der Waals surface area (Å²) < 4.78 is 13.0. The number of rotatable bonds is 2. The Kier molecular flexibility index (Phi) is 3.89. The summed E-state index contributed by atoms with van der Waals surface area (Å²) in [5, 5.41) is -0.798. The largest absolute Gasteiger partial charge is 0.341 e. The van der Waals surface area contributed by atoms with Gasteiger partial charge in [-0.15, -0.1) is 11.6 Å². The lowest BCUT2D eigenvalue weighted by atomic mass is 10.1. The van der Waals surface area contributed by atoms with Crippen LogP contribution in [0.3, 0.4) is 0 Å². The first-order valence-electron chi connectivity index (χ1n) is 5.47. The zero-order valence-electron chi connectivity index (χ0n) is 9.13. The summed E-state index contributed by atoms with van der Waals surface area (Å²) >= 11 is 11.8. The molecule has 0 N–H and O–H groups in total. The lowest BCUT2D eigenvalue weighted by Gasteiger charge is -2.19. The van der Waals surface area contributed by atoms with E-state index in [2.05, 4.69) is 0 Å². The van der Waals surface area contributed by atoms with E-state index in [-0.39, 0.29) is 10.9 Å². The summed E-state index contributed by atoms with van der Waals surface area (Å²) in [6.45, 7) is 1.49. The zero-order chi connectivity index (χ0) is 12.4. The highest BCUT2D eigenvalue weighted by Gasteiger charge is 2.26. The molecule has 0 bridgehead atoms. The van der Waals surface area contributed by atoms with Gasteiger partial charge >= 0.3 is 0 Å². The fraction of sp³-hybridized carbons (Fsp3) is 0.417. The van der Waals surface area contributed by atoms with Gasteiger partial charge in [-0.2, -0.15) is 0 Å². The standard InChI is InChI=1S/C12H12Cl2FNO/c13-9-7-8(3-4-10(9)15)11(14)12(17)16-5-1-2-6-16/h3-4,7,11H,1-2,5-6H2. The van der Waals surface area contributed by atoms with Crippen molar-refractivity contribution in [3.8, 4) is 0 Å². The van der Waals surface area contributed by atoms with Crippen molar-refractivity contribution in [2.45, 2.75) is 18.2 Å². The minimum absolute atomic E-state index is 0.0117. The van der Waals surface area contributed by atoms with Crippen molar-refractivity contribution in [1.29, 1.82) is 0 Å². The van der Waals surface area contributed by atoms with Crippen LogP contribution in [0.1, 0.15) is 23.8 Å². The minimum Gasteiger partial charge on any atom is -0.341 e. The SMILES string of the molecule is O=C(C(Cl)c1ccc(F)c(Cl)c1)N1CCCC1. The molecule has 0 aromatic heterocycles. The van der Waals surface area contributed by atoms with Crippen LogP contribution in [-0.4, -0.2) is 23.9 Å². The summed E-state index contributed by atoms with van der Waals surface area (Å²) in [7, 11) is 0. The van der Waals surface area contributed by atoms with Crippen molar-refractivity contribution < 1.29 is 9.18 Å². The molecule has 0 spiro atoms. The fourth-order valence-corrected chi connectivity index (χ4v) is 2.37. The minimum atomic E-state index is -0.786. The number of hydrogen-bond donors (Lipinski definition) is 0. The number of likely N-dealkylation sites (tertiary alicyclic amines) is 1. The normalized spacial score (nSPS) is 17.2. The molecule has 92 valence electrons. The molecule has 0 saturated carbocycles. The monoisotopic (exact) mass is 275 g/mol. The number of alkyl halides is 1. The first-order valence-corrected chi connectivity index (χ1v) is 6.29. The second kappa shape index (κ2) is 5.23. The molecule has 0 aliphatic carbocycles. The molecule has 1 amide bonds. The molecule has 1 aliphatic rings. The third-order valence-electron chi connectivity index (χ3n) is 2.87. The van der Waals surface area contributed by atoms with Crippen LogP contribution in [0.15, 0.2) is 18.2 Å². The van der Waals surface area contributed by atoms with Gasteiger partial charge in [-0.1, -0.05) is 17.7 Å². The highest BCUT2D eigenvalue weighted by atomic mass is 35.5. The van der Waals surface area contributed by atoms with Crippen molar-refractivity contribution in [1.82, 2.24) is 4.90 Å². The predicted molar refractivity (Wildman–Crippen MR) is 65.8 cm³/mol. The molecular weight excluding hydrogens is 264 g/mol. The number of benzene rings is 1. The second-order valence-electron chi connectivity index (χ2n) is 4.07. The van der Waals surface area contributed by atoms with E-state index in [0.29, 0.717) is 5.56 Å². The molecule has 17 heavy (non-hydrogen) atoms. The average Bonchev–Trinajstić information content (AvgIpc) is 2.84. The molecule has 0 radical (unpaired) electrons. The van der Waals surface area contributed by atoms with Crippen LogP contribution >= 0.6 is 23.2 Å². The van der Waals surface area contributed by atoms with Crippen molar-refractivity contribution in [2.75, 3.05) is 13.1 Å². The number of carbonyl (C=O) groups excluding carboxylic acids is 1. The summed E-state index contributed by atoms with van der Waals surface area (Å²) in [6, 6.07) is 4.12. The Hall–Kier alpha value is -0.800. The molecule has 2 rings (SSSR count). The molecule has 1 heterocycles. The van der Waals surface area contributed by atoms with E-state index in [1.165, 1.54) is 18.2 Å². The molecule has 2 nitrogen and oxygen atoms in total. The van der Waals surface area contributed by atoms with Crippen LogP contribution in [0.2, 0.25) is 5.02 Å². The van der Waals surface area contributed by atoms with Gasteiger partial charge in [-0.3, -0.25) is 4.79 Å². The molecule has 1 saturated heterocycles. The molecule has 1 fully saturated rings. The summed E-state index contributed by atoms with van der Waals surface area (Å²) in [5.74, 6) is -0.639. The Morgan fingerprint density at radius 3 is 2.59 bits per heavy atom. The Morgan fingerprint density at radius 2 is 2.00 bits per heavy atom. The van der Waals surface area contributed by atoms with Crippen LogP contribution in [0.4, 0.5) is 4.39 Å². The predicted octanol–water partition coefficient (Wildman–Crippen LogP) is 3.38. The van der Waals surface area contributed by atoms with Crippen LogP contribution in [0, 0.1) is 5.82 Å². The van der Waals surface area contributed by atoms with Gasteiger partial charge in [0, 0.05) is 13.1 Å². The van der Waals surface area contributed by atoms with Crippen LogP contribution in [0.5, 0.6) is 0 Å². The molecule has 1 aromatic carbocycles. The van der Waals surface area contributed by atoms with E-state index in [9.17, 15) is 9.18 Å². The van der Waals surface area contributed by atoms with Crippen molar-refractivity contribution >= 4 is 29.1 Å². The third kappa shape index (κ3) is 2.72. The lowest BCUT2D eigenvalue weighted by molar-refractivity contribution is -0.129. The average molecular weight is 276 g/mol. The van der Waals surface area contributed by atoms with Crippen molar-refractivity contribution in [2.24, 2.45) is 0 Å². The molecule has 1 atom stereocenters. The van der Waals surface area contributed by atoms with Gasteiger partial charge < -0.3 is 4.90 Å². The smallest absolute Gasteiger partial charge is 0.245 e. The van der Waals surface area contributed by atoms with Crippen molar-refractivity contribution in [3.63, 3.8) is 0 Å². The maximum Gasteiger partial charge on any atom is 0.245 e. The number of carbonyl (C=O) groups is 1. The molecule has 5 heteroatoms. The van der Waals surface area contributed by atoms with Gasteiger partial charge in [0.25, 0.3) is 0 Å². The zero-order valence-corrected chi connectivity index (χ0v) is 10.6. The van der Waals surface area contributed by atoms with E-state index < -0.39 is 11.2 Å². The maximum atomic E-state index is 13.0. The van der Waals surface area contributed by atoms with Gasteiger partial charge in [-0.05, 0) is 30.5 Å². The Bertz CT molecular complexity index is 433. The first kappa shape index (κ1) is 12.7. The second-order valence-corrected chi connectivity index (χ2v) is 4.91. The number of halogens is 3. The van der Waals surface area contributed by atoms with Crippen molar-refractivity contribution in [3.05, 3.63) is 34.6 Å². The summed E-state index contributed by atoms with van der Waals surface area (Å²) in [4.78, 5) is 13.7. The fourth-order valence-electron chi connectivity index (χ4n) is 1.91. The van der Waals surface area contributed by atoms with Crippen LogP contribution in [0.25, 0.3) is 0 Å². The van der Waals surface area contributed by atoms with Gasteiger partial charge in [-0.25, -0.2) is 4.39 Å². The Balaban J connectivity index is 2.15.